The third-order valence-electron chi connectivity index (χ3n) is 4.72. The van der Waals surface area contributed by atoms with Gasteiger partial charge in [-0.1, -0.05) is 41.0 Å². The van der Waals surface area contributed by atoms with Crippen molar-refractivity contribution in [1.29, 1.82) is 0 Å². The van der Waals surface area contributed by atoms with E-state index in [1.54, 1.807) is 32.9 Å². The molecule has 0 atom stereocenters. The molecule has 0 bridgehead atoms. The van der Waals surface area contributed by atoms with Crippen LogP contribution in [-0.4, -0.2) is 53.2 Å². The van der Waals surface area contributed by atoms with Crippen molar-refractivity contribution >= 4 is 58.9 Å². The first-order valence-corrected chi connectivity index (χ1v) is 12.0. The molecule has 0 unspecified atom stereocenters. The van der Waals surface area contributed by atoms with Crippen molar-refractivity contribution in [3.63, 3.8) is 0 Å². The summed E-state index contributed by atoms with van der Waals surface area (Å²) in [7, 11) is 1.00. The molecule has 13 heteroatoms. The van der Waals surface area contributed by atoms with Crippen molar-refractivity contribution in [3.8, 4) is 0 Å². The molecule has 2 N–H and O–H groups in total. The standard InChI is InChI=1S/C21H19Cl3F2N2O4S.CH4O/c1-20(2,3)32-19(31)28-7-10(8-28)11-4-5-13(22)17(16(11)23)33-14-6-15(21(24,25)26)27-18(30)12(14)9-29;1-2/h4-6,9-10H,7-8H2,1-3H3,(H,27,30);2H,1H3. The molecule has 192 valence electrons. The van der Waals surface area contributed by atoms with E-state index in [4.69, 9.17) is 44.6 Å². The Morgan fingerprint density at radius 2 is 1.86 bits per heavy atom. The summed E-state index contributed by atoms with van der Waals surface area (Å²) in [6.07, 6.45) is -0.180. The average Bonchev–Trinajstić information content (AvgIpc) is 2.70. The molecule has 2 heterocycles. The zero-order valence-electron chi connectivity index (χ0n) is 19.1. The maximum Gasteiger partial charge on any atom is 0.410 e. The topological polar surface area (TPSA) is 99.7 Å². The molecule has 1 saturated heterocycles. The van der Waals surface area contributed by atoms with Gasteiger partial charge < -0.3 is 19.7 Å². The second kappa shape index (κ2) is 11.5. The maximum atomic E-state index is 13.6. The summed E-state index contributed by atoms with van der Waals surface area (Å²) in [5.41, 5.74) is -2.17. The first-order chi connectivity index (χ1) is 16.2. The Morgan fingerprint density at radius 3 is 2.37 bits per heavy atom. The number of hydrogen-bond donors (Lipinski definition) is 2. The minimum atomic E-state index is -3.84. The van der Waals surface area contributed by atoms with Gasteiger partial charge in [0.1, 0.15) is 11.3 Å². The third kappa shape index (κ3) is 7.10. The van der Waals surface area contributed by atoms with E-state index in [1.165, 1.54) is 4.90 Å². The Kier molecular flexibility index (Phi) is 9.63. The summed E-state index contributed by atoms with van der Waals surface area (Å²) in [6.45, 7) is 6.06. The SMILES string of the molecule is CC(C)(C)OC(=O)N1CC(c2ccc(Cl)c(Sc3cc(C(F)(F)Cl)[nH]c(=O)c3C=O)c2Cl)C1.CO. The summed E-state index contributed by atoms with van der Waals surface area (Å²) in [4.78, 5) is 39.4. The van der Waals surface area contributed by atoms with Gasteiger partial charge in [0.05, 0.1) is 15.6 Å². The lowest BCUT2D eigenvalue weighted by atomic mass is 9.92. The number of alkyl halides is 3. The second-order valence-electron chi connectivity index (χ2n) is 8.37. The first kappa shape index (κ1) is 29.4. The number of aromatic amines is 1. The number of H-pyrrole nitrogens is 1. The highest BCUT2D eigenvalue weighted by molar-refractivity contribution is 7.99. The van der Waals surface area contributed by atoms with E-state index in [9.17, 15) is 23.2 Å². The van der Waals surface area contributed by atoms with Gasteiger partial charge in [-0.25, -0.2) is 4.79 Å². The Labute approximate surface area is 219 Å². The van der Waals surface area contributed by atoms with Gasteiger partial charge in [-0.15, -0.1) is 0 Å². The Morgan fingerprint density at radius 1 is 1.26 bits per heavy atom. The zero-order valence-corrected chi connectivity index (χ0v) is 22.2. The van der Waals surface area contributed by atoms with Crippen molar-refractivity contribution in [3.05, 3.63) is 55.4 Å². The summed E-state index contributed by atoms with van der Waals surface area (Å²) >= 11 is 18.7. The molecule has 1 aromatic heterocycles. The van der Waals surface area contributed by atoms with Gasteiger partial charge >= 0.3 is 11.5 Å². The minimum Gasteiger partial charge on any atom is -0.444 e. The third-order valence-corrected chi connectivity index (χ3v) is 7.06. The second-order valence-corrected chi connectivity index (χ2v) is 10.7. The van der Waals surface area contributed by atoms with Crippen LogP contribution in [-0.2, 0) is 10.1 Å². The highest BCUT2D eigenvalue weighted by atomic mass is 35.5. The molecular formula is C22H23Cl3F2N2O5S. The number of amides is 1. The lowest BCUT2D eigenvalue weighted by Gasteiger charge is -2.40. The van der Waals surface area contributed by atoms with Gasteiger partial charge in [-0.05, 0) is 50.1 Å². The Bertz CT molecular complexity index is 1160. The molecule has 7 nitrogen and oxygen atoms in total. The molecule has 1 amide bonds. The van der Waals surface area contributed by atoms with Gasteiger partial charge in [0.15, 0.2) is 6.29 Å². The predicted molar refractivity (Wildman–Crippen MR) is 131 cm³/mol. The van der Waals surface area contributed by atoms with Gasteiger partial charge in [0, 0.05) is 35.9 Å². The van der Waals surface area contributed by atoms with Crippen molar-refractivity contribution < 1.29 is 28.2 Å². The quantitative estimate of drug-likeness (QED) is 0.344. The summed E-state index contributed by atoms with van der Waals surface area (Å²) in [6, 6.07) is 4.20. The van der Waals surface area contributed by atoms with E-state index in [-0.39, 0.29) is 37.6 Å². The smallest absolute Gasteiger partial charge is 0.410 e. The van der Waals surface area contributed by atoms with Gasteiger partial charge in [0.25, 0.3) is 5.56 Å². The number of rotatable bonds is 5. The number of aromatic nitrogens is 1. The number of carbonyl (C=O) groups excluding carboxylic acids is 2. The average molecular weight is 572 g/mol. The summed E-state index contributed by atoms with van der Waals surface area (Å²) in [5, 5.41) is 3.59. The molecule has 1 aliphatic heterocycles. The molecule has 0 aliphatic carbocycles. The molecule has 0 saturated carbocycles. The number of nitrogens with zero attached hydrogens (tertiary/aromatic N) is 1. The van der Waals surface area contributed by atoms with Crippen molar-refractivity contribution in [1.82, 2.24) is 9.88 Å². The highest BCUT2D eigenvalue weighted by Gasteiger charge is 2.36. The van der Waals surface area contributed by atoms with Crippen molar-refractivity contribution in [2.24, 2.45) is 0 Å². The summed E-state index contributed by atoms with van der Waals surface area (Å²) in [5.74, 6) is -0.103. The predicted octanol–water partition coefficient (Wildman–Crippen LogP) is 5.88. The fourth-order valence-corrected chi connectivity index (χ4v) is 4.99. The number of nitrogens with one attached hydrogen (secondary N) is 1. The Hall–Kier alpha value is -1.85. The van der Waals surface area contributed by atoms with Crippen LogP contribution in [0.15, 0.2) is 32.8 Å². The number of aliphatic hydroxyl groups is 1. The van der Waals surface area contributed by atoms with Gasteiger partial charge in [-0.2, -0.15) is 8.78 Å². The molecular weight excluding hydrogens is 549 g/mol. The van der Waals surface area contributed by atoms with Crippen LogP contribution in [0, 0.1) is 0 Å². The largest absolute Gasteiger partial charge is 0.444 e. The monoisotopic (exact) mass is 570 g/mol. The molecule has 35 heavy (non-hydrogen) atoms. The van der Waals surface area contributed by atoms with Crippen LogP contribution in [0.5, 0.6) is 0 Å². The molecule has 2 aromatic rings. The van der Waals surface area contributed by atoms with E-state index in [0.717, 1.165) is 24.9 Å². The molecule has 3 rings (SSSR count). The summed E-state index contributed by atoms with van der Waals surface area (Å²) < 4.78 is 32.5. The normalized spacial score (nSPS) is 14.1. The van der Waals surface area contributed by atoms with Crippen LogP contribution in [0.2, 0.25) is 10.0 Å². The molecule has 0 radical (unpaired) electrons. The number of aldehydes is 1. The molecule has 1 aliphatic rings. The fourth-order valence-electron chi connectivity index (χ4n) is 3.11. The van der Waals surface area contributed by atoms with E-state index in [0.29, 0.717) is 18.7 Å². The van der Waals surface area contributed by atoms with Crippen molar-refractivity contribution in [2.45, 2.75) is 47.5 Å². The number of ether oxygens (including phenoxy) is 1. The minimum absolute atomic E-state index is 0.0750. The number of benzene rings is 1. The molecule has 1 fully saturated rings. The fraction of sp³-hybridized carbons (Fsp3) is 0.409. The lowest BCUT2D eigenvalue weighted by Crippen LogP contribution is -2.50. The van der Waals surface area contributed by atoms with Crippen LogP contribution in [0.3, 0.4) is 0 Å². The highest BCUT2D eigenvalue weighted by Crippen LogP contribution is 2.45. The van der Waals surface area contributed by atoms with Crippen LogP contribution >= 0.6 is 46.6 Å². The first-order valence-electron chi connectivity index (χ1n) is 10.1. The van der Waals surface area contributed by atoms with Crippen molar-refractivity contribution in [2.75, 3.05) is 20.2 Å². The van der Waals surface area contributed by atoms with E-state index < -0.39 is 28.3 Å². The van der Waals surface area contributed by atoms with Gasteiger partial charge in [0.2, 0.25) is 0 Å². The lowest BCUT2D eigenvalue weighted by molar-refractivity contribution is 0.00817. The Balaban J connectivity index is 0.00000210. The van der Waals surface area contributed by atoms with Gasteiger partial charge in [-0.3, -0.25) is 9.59 Å². The van der Waals surface area contributed by atoms with Crippen LogP contribution in [0.25, 0.3) is 0 Å². The maximum absolute atomic E-state index is 13.6. The van der Waals surface area contributed by atoms with Crippen LogP contribution in [0.1, 0.15) is 48.3 Å². The number of pyridine rings is 1. The number of likely N-dealkylation sites (tertiary alicyclic amines) is 1. The molecule has 1 aromatic carbocycles. The number of aliphatic hydroxyl groups excluding tert-OH is 1. The van der Waals surface area contributed by atoms with E-state index >= 15 is 0 Å². The number of carbonyl (C=O) groups is 2. The van der Waals surface area contributed by atoms with E-state index in [1.807, 2.05) is 4.98 Å². The number of hydrogen-bond acceptors (Lipinski definition) is 6. The zero-order chi connectivity index (χ0) is 26.7. The van der Waals surface area contributed by atoms with Crippen LogP contribution in [0.4, 0.5) is 13.6 Å². The van der Waals surface area contributed by atoms with Crippen LogP contribution < -0.4 is 5.56 Å². The number of halogens is 5. The molecule has 0 spiro atoms. The van der Waals surface area contributed by atoms with E-state index in [2.05, 4.69) is 0 Å².